The number of fused-ring (bicyclic) bond motifs is 11. The van der Waals surface area contributed by atoms with Crippen molar-refractivity contribution in [3.63, 3.8) is 0 Å². The Morgan fingerprint density at radius 3 is 1.13 bits per heavy atom. The fraction of sp³-hybridized carbons (Fsp3) is 0.0172. The van der Waals surface area contributed by atoms with E-state index < -0.39 is 0 Å². The second kappa shape index (κ2) is 12.7. The number of aromatic nitrogens is 3. The van der Waals surface area contributed by atoms with Crippen molar-refractivity contribution >= 4 is 103 Å². The highest BCUT2D eigenvalue weighted by Gasteiger charge is 2.28. The van der Waals surface area contributed by atoms with Crippen molar-refractivity contribution in [1.29, 1.82) is 0 Å². The Balaban J connectivity index is 1.24. The average Bonchev–Trinajstić information content (AvgIpc) is 3.84. The molecule has 0 spiro atoms. The van der Waals surface area contributed by atoms with E-state index in [9.17, 15) is 0 Å². The van der Waals surface area contributed by atoms with E-state index >= 15 is 0 Å². The summed E-state index contributed by atoms with van der Waals surface area (Å²) in [4.78, 5) is 15.1. The predicted octanol–water partition coefficient (Wildman–Crippen LogP) is 14.6. The molecule has 4 nitrogen and oxygen atoms in total. The van der Waals surface area contributed by atoms with Crippen molar-refractivity contribution in [2.75, 3.05) is 6.54 Å². The third-order valence-electron chi connectivity index (χ3n) is 13.5. The van der Waals surface area contributed by atoms with Crippen molar-refractivity contribution < 1.29 is 0 Å². The highest BCUT2D eigenvalue weighted by Crippen LogP contribution is 2.55. The number of hydrogen-bond donors (Lipinski definition) is 1. The molecule has 286 valence electrons. The summed E-state index contributed by atoms with van der Waals surface area (Å²) in [7, 11) is 0. The molecular formula is C58H34N4. The maximum Gasteiger partial charge on any atom is 0.0714 e. The molecular weight excluding hydrogens is 753 g/mol. The molecule has 0 bridgehead atoms. The number of nitrogens with one attached hydrogen (secondary N) is 1. The number of pyridine rings is 3. The zero-order valence-electron chi connectivity index (χ0n) is 33.4. The van der Waals surface area contributed by atoms with E-state index in [1.165, 1.54) is 108 Å². The van der Waals surface area contributed by atoms with Crippen molar-refractivity contribution in [3.8, 4) is 33.8 Å². The molecule has 0 unspecified atom stereocenters. The van der Waals surface area contributed by atoms with Crippen LogP contribution in [0.25, 0.3) is 136 Å². The minimum atomic E-state index is 0.786. The topological polar surface area (TPSA) is 50.7 Å². The first-order valence-corrected chi connectivity index (χ1v) is 21.3. The number of benzene rings is 8. The molecule has 1 aliphatic heterocycles. The highest BCUT2D eigenvalue weighted by atomic mass is 14.9. The molecule has 0 saturated carbocycles. The number of nitrogens with zero attached hydrogens (tertiary/aromatic N) is 3. The molecule has 0 radical (unpaired) electrons. The summed E-state index contributed by atoms with van der Waals surface area (Å²) in [5.41, 5.74) is 8.78. The van der Waals surface area contributed by atoms with Crippen LogP contribution in [0.2, 0.25) is 0 Å². The Labute approximate surface area is 355 Å². The predicted molar refractivity (Wildman–Crippen MR) is 261 cm³/mol. The molecule has 0 saturated heterocycles. The van der Waals surface area contributed by atoms with Gasteiger partial charge in [0.25, 0.3) is 0 Å². The van der Waals surface area contributed by atoms with E-state index in [0.29, 0.717) is 0 Å². The van der Waals surface area contributed by atoms with E-state index in [-0.39, 0.29) is 0 Å². The lowest BCUT2D eigenvalue weighted by Gasteiger charge is -2.19. The van der Waals surface area contributed by atoms with E-state index in [4.69, 9.17) is 15.0 Å². The normalized spacial score (nSPS) is 13.3. The number of hydrogen-bond acceptors (Lipinski definition) is 4. The molecule has 0 aliphatic carbocycles. The van der Waals surface area contributed by atoms with E-state index in [0.717, 1.165) is 40.5 Å². The van der Waals surface area contributed by atoms with Crippen LogP contribution in [0, 0.1) is 0 Å². The Kier molecular flexibility index (Phi) is 6.86. The Morgan fingerprint density at radius 2 is 0.710 bits per heavy atom. The Morgan fingerprint density at radius 1 is 0.323 bits per heavy atom. The molecule has 13 aromatic rings. The molecule has 10 aromatic carbocycles. The summed E-state index contributed by atoms with van der Waals surface area (Å²) in [6.45, 7) is 0.786. The molecule has 4 heterocycles. The van der Waals surface area contributed by atoms with Gasteiger partial charge in [-0.2, -0.15) is 0 Å². The van der Waals surface area contributed by atoms with Gasteiger partial charge < -0.3 is 5.32 Å². The number of rotatable bonds is 4. The van der Waals surface area contributed by atoms with Gasteiger partial charge in [-0.05, 0) is 130 Å². The van der Waals surface area contributed by atoms with Crippen LogP contribution in [-0.4, -0.2) is 21.5 Å². The van der Waals surface area contributed by atoms with Gasteiger partial charge in [0.2, 0.25) is 0 Å². The molecule has 4 heteroatoms. The zero-order valence-corrected chi connectivity index (χ0v) is 33.4. The quantitative estimate of drug-likeness (QED) is 0.181. The average molecular weight is 787 g/mol. The summed E-state index contributed by atoms with van der Waals surface area (Å²) in [5.74, 6) is 0. The first-order valence-electron chi connectivity index (χ1n) is 21.3. The largest absolute Gasteiger partial charge is 0.381 e. The molecule has 3 aromatic heterocycles. The van der Waals surface area contributed by atoms with Gasteiger partial charge in [0.05, 0.1) is 17.1 Å². The van der Waals surface area contributed by atoms with Gasteiger partial charge in [0.15, 0.2) is 0 Å². The summed E-state index contributed by atoms with van der Waals surface area (Å²) < 4.78 is 0. The van der Waals surface area contributed by atoms with Gasteiger partial charge in [0, 0.05) is 74.6 Å². The fourth-order valence-corrected chi connectivity index (χ4v) is 11.2. The van der Waals surface area contributed by atoms with Crippen LogP contribution in [0.4, 0.5) is 0 Å². The standard InChI is InChI=1S/C58H34N4/c1-3-17-35-33(15-1)51(45-23-5-9-27-59-45)55-39-21-13-19-37-42-32-44-50-38(41(42)31-43(49(37)39)57(55)53(35)47-25-7-11-29-61-47)20-14-22-40(50)56-52(46-24-6-10-28-60-46)34-16-2-4-18-36(34)54(58(44)56)48-26-8-12-30-62-48/h1-27,29-32,60H,28H2. The minimum Gasteiger partial charge on any atom is -0.381 e. The Hall–Kier alpha value is -8.21. The third kappa shape index (κ3) is 4.42. The molecule has 1 aliphatic rings. The molecule has 1 N–H and O–H groups in total. The van der Waals surface area contributed by atoms with Crippen LogP contribution in [0.5, 0.6) is 0 Å². The third-order valence-corrected chi connectivity index (χ3v) is 13.5. The van der Waals surface area contributed by atoms with Gasteiger partial charge in [-0.25, -0.2) is 0 Å². The molecule has 0 atom stereocenters. The van der Waals surface area contributed by atoms with Gasteiger partial charge in [-0.1, -0.05) is 115 Å². The smallest absolute Gasteiger partial charge is 0.0714 e. The van der Waals surface area contributed by atoms with Crippen LogP contribution < -0.4 is 5.32 Å². The number of allylic oxidation sites excluding steroid dienone is 2. The fourth-order valence-electron chi connectivity index (χ4n) is 11.2. The highest BCUT2D eigenvalue weighted by molar-refractivity contribution is 6.46. The van der Waals surface area contributed by atoms with Crippen LogP contribution >= 0.6 is 0 Å². The monoisotopic (exact) mass is 786 g/mol. The second-order valence-corrected chi connectivity index (χ2v) is 16.5. The molecule has 14 rings (SSSR count). The Bertz CT molecular complexity index is 4060. The van der Waals surface area contributed by atoms with Crippen LogP contribution in [0.15, 0.2) is 188 Å². The SMILES string of the molecule is C1=CCNC(c2c3ccccc3c(-c3ccccn3)c3c4cc5c(cc6c7c(-c8ccccn8)c8ccccc8c(-c8ccccn8)c7c7cccc5c76)c5cccc(c23)c54)=C1. The van der Waals surface area contributed by atoms with Crippen molar-refractivity contribution in [2.24, 2.45) is 0 Å². The van der Waals surface area contributed by atoms with Gasteiger partial charge in [-0.15, -0.1) is 0 Å². The summed E-state index contributed by atoms with van der Waals surface area (Å²) in [6, 6.07) is 55.3. The van der Waals surface area contributed by atoms with Gasteiger partial charge >= 0.3 is 0 Å². The lowest BCUT2D eigenvalue weighted by molar-refractivity contribution is 1.000. The maximum absolute atomic E-state index is 5.05. The molecule has 62 heavy (non-hydrogen) atoms. The zero-order chi connectivity index (χ0) is 40.5. The van der Waals surface area contributed by atoms with Crippen molar-refractivity contribution in [1.82, 2.24) is 20.3 Å². The second-order valence-electron chi connectivity index (χ2n) is 16.5. The number of dihydropyridines is 1. The van der Waals surface area contributed by atoms with Gasteiger partial charge in [0.1, 0.15) is 0 Å². The lowest BCUT2D eigenvalue weighted by Crippen LogP contribution is -2.15. The molecule has 0 amide bonds. The van der Waals surface area contributed by atoms with E-state index in [1.807, 2.05) is 36.8 Å². The lowest BCUT2D eigenvalue weighted by atomic mass is 9.88. The summed E-state index contributed by atoms with van der Waals surface area (Å²) >= 11 is 0. The van der Waals surface area contributed by atoms with Crippen molar-refractivity contribution in [3.05, 3.63) is 194 Å². The maximum atomic E-state index is 5.05. The van der Waals surface area contributed by atoms with Crippen molar-refractivity contribution in [2.45, 2.75) is 0 Å². The van der Waals surface area contributed by atoms with Crippen LogP contribution in [0.1, 0.15) is 5.56 Å². The van der Waals surface area contributed by atoms with E-state index in [2.05, 4.69) is 157 Å². The first kappa shape index (κ1) is 33.6. The van der Waals surface area contributed by atoms with Crippen LogP contribution in [0.3, 0.4) is 0 Å². The molecule has 0 fully saturated rings. The summed E-state index contributed by atoms with van der Waals surface area (Å²) in [6.07, 6.45) is 12.3. The van der Waals surface area contributed by atoms with E-state index in [1.54, 1.807) is 0 Å². The summed E-state index contributed by atoms with van der Waals surface area (Å²) in [5, 5.41) is 26.0. The first-order chi connectivity index (χ1) is 30.8. The van der Waals surface area contributed by atoms with Gasteiger partial charge in [-0.3, -0.25) is 15.0 Å². The minimum absolute atomic E-state index is 0.786. The van der Waals surface area contributed by atoms with Crippen LogP contribution in [-0.2, 0) is 0 Å².